The van der Waals surface area contributed by atoms with E-state index in [1.54, 1.807) is 23.9 Å². The Labute approximate surface area is 113 Å². The molecular formula is C11H13NO4S2. The third-order valence-electron chi connectivity index (χ3n) is 2.59. The summed E-state index contributed by atoms with van der Waals surface area (Å²) in [5.41, 5.74) is 0. The summed E-state index contributed by atoms with van der Waals surface area (Å²) in [6.07, 6.45) is 1.95. The second-order valence-corrected chi connectivity index (χ2v) is 5.69. The van der Waals surface area contributed by atoms with E-state index in [0.29, 0.717) is 17.4 Å². The maximum absolute atomic E-state index is 12.1. The number of hydrogen-bond donors (Lipinski definition) is 1. The molecule has 0 aromatic carbocycles. The molecule has 18 heavy (non-hydrogen) atoms. The standard InChI is InChI=1S/C11H13NO4S2/c1-17-4-7-2-3-9(16-7)10(13)12-6-18-5-8(12)11(14)15/h2-3,8H,4-6H2,1H3,(H,14,15). The number of rotatable bonds is 4. The molecule has 5 nitrogen and oxygen atoms in total. The van der Waals surface area contributed by atoms with Gasteiger partial charge in [-0.3, -0.25) is 4.79 Å². The topological polar surface area (TPSA) is 70.8 Å². The van der Waals surface area contributed by atoms with Gasteiger partial charge >= 0.3 is 5.97 Å². The van der Waals surface area contributed by atoms with E-state index in [-0.39, 0.29) is 11.7 Å². The van der Waals surface area contributed by atoms with Gasteiger partial charge in [0.05, 0.1) is 11.6 Å². The molecule has 0 aliphatic carbocycles. The van der Waals surface area contributed by atoms with Gasteiger partial charge in [0.2, 0.25) is 0 Å². The SMILES string of the molecule is CSCc1ccc(C(=O)N2CSCC2C(=O)O)o1. The molecule has 0 spiro atoms. The molecule has 1 saturated heterocycles. The van der Waals surface area contributed by atoms with Crippen LogP contribution in [-0.2, 0) is 10.5 Å². The minimum atomic E-state index is -0.968. The maximum atomic E-state index is 12.1. The van der Waals surface area contributed by atoms with Crippen molar-refractivity contribution in [3.05, 3.63) is 23.7 Å². The molecule has 2 heterocycles. The zero-order chi connectivity index (χ0) is 13.1. The first-order valence-electron chi connectivity index (χ1n) is 5.32. The zero-order valence-electron chi connectivity index (χ0n) is 9.79. The minimum Gasteiger partial charge on any atom is -0.480 e. The molecule has 0 bridgehead atoms. The molecule has 1 aliphatic rings. The number of carboxylic acids is 1. The van der Waals surface area contributed by atoms with Crippen LogP contribution in [0.25, 0.3) is 0 Å². The van der Waals surface area contributed by atoms with E-state index in [1.165, 1.54) is 16.7 Å². The lowest BCUT2D eigenvalue weighted by molar-refractivity contribution is -0.140. The first-order chi connectivity index (χ1) is 8.63. The molecular weight excluding hydrogens is 274 g/mol. The van der Waals surface area contributed by atoms with Gasteiger partial charge in [0, 0.05) is 5.75 Å². The highest BCUT2D eigenvalue weighted by atomic mass is 32.2. The summed E-state index contributed by atoms with van der Waals surface area (Å²) in [5.74, 6) is 1.15. The number of nitrogens with zero attached hydrogens (tertiary/aromatic N) is 1. The number of thioether (sulfide) groups is 2. The lowest BCUT2D eigenvalue weighted by Gasteiger charge is -2.18. The van der Waals surface area contributed by atoms with Gasteiger partial charge in [-0.2, -0.15) is 11.8 Å². The van der Waals surface area contributed by atoms with Gasteiger partial charge in [0.15, 0.2) is 5.76 Å². The van der Waals surface area contributed by atoms with E-state index in [0.717, 1.165) is 5.76 Å². The summed E-state index contributed by atoms with van der Waals surface area (Å²) < 4.78 is 5.41. The Morgan fingerprint density at radius 3 is 3.06 bits per heavy atom. The van der Waals surface area contributed by atoms with Crippen LogP contribution < -0.4 is 0 Å². The predicted octanol–water partition coefficient (Wildman–Crippen LogP) is 1.74. The normalized spacial score (nSPS) is 19.2. The van der Waals surface area contributed by atoms with Crippen LogP contribution in [0.5, 0.6) is 0 Å². The van der Waals surface area contributed by atoms with Crippen LogP contribution in [0.15, 0.2) is 16.5 Å². The van der Waals surface area contributed by atoms with Gasteiger partial charge in [-0.25, -0.2) is 4.79 Å². The van der Waals surface area contributed by atoms with Crippen molar-refractivity contribution in [3.8, 4) is 0 Å². The Morgan fingerprint density at radius 1 is 1.61 bits per heavy atom. The van der Waals surface area contributed by atoms with Crippen molar-refractivity contribution in [1.29, 1.82) is 0 Å². The fourth-order valence-electron chi connectivity index (χ4n) is 1.70. The second-order valence-electron chi connectivity index (χ2n) is 3.83. The van der Waals surface area contributed by atoms with Gasteiger partial charge < -0.3 is 14.4 Å². The molecule has 1 aromatic heterocycles. The number of amides is 1. The molecule has 2 rings (SSSR count). The zero-order valence-corrected chi connectivity index (χ0v) is 11.4. The highest BCUT2D eigenvalue weighted by molar-refractivity contribution is 7.99. The summed E-state index contributed by atoms with van der Waals surface area (Å²) in [6.45, 7) is 0. The van der Waals surface area contributed by atoms with E-state index in [4.69, 9.17) is 9.52 Å². The van der Waals surface area contributed by atoms with Gasteiger partial charge in [0.1, 0.15) is 11.8 Å². The van der Waals surface area contributed by atoms with Gasteiger partial charge in [-0.05, 0) is 18.4 Å². The molecule has 1 N–H and O–H groups in total. The molecule has 1 aromatic rings. The molecule has 1 amide bonds. The summed E-state index contributed by atoms with van der Waals surface area (Å²) in [6, 6.07) is 2.61. The van der Waals surface area contributed by atoms with Crippen LogP contribution in [0, 0.1) is 0 Å². The number of carboxylic acid groups (broad SMARTS) is 1. The highest BCUT2D eigenvalue weighted by Crippen LogP contribution is 2.24. The first kappa shape index (κ1) is 13.4. The monoisotopic (exact) mass is 287 g/mol. The Hall–Kier alpha value is -1.08. The van der Waals surface area contributed by atoms with Crippen molar-refractivity contribution in [1.82, 2.24) is 4.90 Å². The van der Waals surface area contributed by atoms with Crippen LogP contribution in [0.2, 0.25) is 0 Å². The van der Waals surface area contributed by atoms with Gasteiger partial charge in [-0.15, -0.1) is 11.8 Å². The maximum Gasteiger partial charge on any atom is 0.327 e. The molecule has 7 heteroatoms. The van der Waals surface area contributed by atoms with Crippen LogP contribution in [-0.4, -0.2) is 45.8 Å². The van der Waals surface area contributed by atoms with Crippen LogP contribution in [0.1, 0.15) is 16.3 Å². The van der Waals surface area contributed by atoms with Crippen LogP contribution >= 0.6 is 23.5 Å². The number of aliphatic carboxylic acids is 1. The lowest BCUT2D eigenvalue weighted by atomic mass is 10.3. The van der Waals surface area contributed by atoms with Crippen molar-refractivity contribution < 1.29 is 19.1 Å². The van der Waals surface area contributed by atoms with E-state index in [9.17, 15) is 9.59 Å². The Balaban J connectivity index is 2.12. The summed E-state index contributed by atoms with van der Waals surface area (Å²) in [7, 11) is 0. The molecule has 1 atom stereocenters. The van der Waals surface area contributed by atoms with E-state index >= 15 is 0 Å². The average Bonchev–Trinajstić information content (AvgIpc) is 2.96. The molecule has 98 valence electrons. The summed E-state index contributed by atoms with van der Waals surface area (Å²) in [4.78, 5) is 24.5. The van der Waals surface area contributed by atoms with Crippen LogP contribution in [0.3, 0.4) is 0 Å². The first-order valence-corrected chi connectivity index (χ1v) is 7.87. The second kappa shape index (κ2) is 5.71. The van der Waals surface area contributed by atoms with E-state index in [1.807, 2.05) is 6.26 Å². The third-order valence-corrected chi connectivity index (χ3v) is 4.17. The smallest absolute Gasteiger partial charge is 0.327 e. The average molecular weight is 287 g/mol. The quantitative estimate of drug-likeness (QED) is 0.909. The summed E-state index contributed by atoms with van der Waals surface area (Å²) >= 11 is 3.04. The number of carbonyl (C=O) groups excluding carboxylic acids is 1. The van der Waals surface area contributed by atoms with Crippen molar-refractivity contribution in [2.24, 2.45) is 0 Å². The van der Waals surface area contributed by atoms with Crippen molar-refractivity contribution in [3.63, 3.8) is 0 Å². The van der Waals surface area contributed by atoms with Crippen LogP contribution in [0.4, 0.5) is 0 Å². The predicted molar refractivity (Wildman–Crippen MR) is 70.8 cm³/mol. The highest BCUT2D eigenvalue weighted by Gasteiger charge is 2.36. The van der Waals surface area contributed by atoms with Crippen molar-refractivity contribution in [2.75, 3.05) is 17.9 Å². The molecule has 1 unspecified atom stereocenters. The van der Waals surface area contributed by atoms with E-state index in [2.05, 4.69) is 0 Å². The molecule has 0 radical (unpaired) electrons. The van der Waals surface area contributed by atoms with Crippen molar-refractivity contribution >= 4 is 35.4 Å². The number of carbonyl (C=O) groups is 2. The number of hydrogen-bond acceptors (Lipinski definition) is 5. The van der Waals surface area contributed by atoms with Gasteiger partial charge in [0.25, 0.3) is 5.91 Å². The molecule has 0 saturated carbocycles. The van der Waals surface area contributed by atoms with Gasteiger partial charge in [-0.1, -0.05) is 0 Å². The Morgan fingerprint density at radius 2 is 2.39 bits per heavy atom. The fourth-order valence-corrected chi connectivity index (χ4v) is 3.29. The Kier molecular flexibility index (Phi) is 4.23. The molecule has 1 aliphatic heterocycles. The van der Waals surface area contributed by atoms with Crippen molar-refractivity contribution in [2.45, 2.75) is 11.8 Å². The fraction of sp³-hybridized carbons (Fsp3) is 0.455. The summed E-state index contributed by atoms with van der Waals surface area (Å²) in [5, 5.41) is 9.03. The number of furan rings is 1. The minimum absolute atomic E-state index is 0.216. The van der Waals surface area contributed by atoms with E-state index < -0.39 is 12.0 Å². The third kappa shape index (κ3) is 2.67. The molecule has 1 fully saturated rings. The largest absolute Gasteiger partial charge is 0.480 e. The lowest BCUT2D eigenvalue weighted by Crippen LogP contribution is -2.41. The Bertz CT molecular complexity index is 460.